The number of carbonyl (C=O) groups is 2. The molecule has 7 heteroatoms. The van der Waals surface area contributed by atoms with E-state index in [9.17, 15) is 9.59 Å². The lowest BCUT2D eigenvalue weighted by molar-refractivity contribution is -0.130. The molecule has 2 heterocycles. The van der Waals surface area contributed by atoms with E-state index in [4.69, 9.17) is 5.73 Å². The molecule has 0 bridgehead atoms. The molecule has 26 heavy (non-hydrogen) atoms. The molecule has 1 aromatic carbocycles. The highest BCUT2D eigenvalue weighted by molar-refractivity contribution is 7.12. The van der Waals surface area contributed by atoms with E-state index in [-0.39, 0.29) is 42.6 Å². The van der Waals surface area contributed by atoms with Crippen LogP contribution in [0, 0.1) is 5.92 Å². The number of halogens is 1. The summed E-state index contributed by atoms with van der Waals surface area (Å²) in [4.78, 5) is 29.0. The maximum atomic E-state index is 12.7. The summed E-state index contributed by atoms with van der Waals surface area (Å²) in [6.07, 6.45) is 0. The number of likely N-dealkylation sites (tertiary alicyclic amines) is 1. The summed E-state index contributed by atoms with van der Waals surface area (Å²) in [6.45, 7) is 1.95. The summed E-state index contributed by atoms with van der Waals surface area (Å²) in [6, 6.07) is 13.8. The fourth-order valence-corrected chi connectivity index (χ4v) is 4.07. The number of amides is 2. The Bertz CT molecular complexity index is 724. The summed E-state index contributed by atoms with van der Waals surface area (Å²) >= 11 is 1.39. The van der Waals surface area contributed by atoms with Crippen molar-refractivity contribution in [3.05, 3.63) is 58.3 Å². The molecule has 2 aromatic rings. The maximum absolute atomic E-state index is 12.7. The van der Waals surface area contributed by atoms with E-state index in [0.29, 0.717) is 24.5 Å². The normalized spacial score (nSPS) is 19.1. The molecule has 0 saturated carbocycles. The molecule has 1 aliphatic heterocycles. The molecular formula is C19H24ClN3O2S. The molecule has 1 fully saturated rings. The molecule has 0 spiro atoms. The van der Waals surface area contributed by atoms with Crippen LogP contribution in [0.15, 0.2) is 47.8 Å². The third-order valence-electron chi connectivity index (χ3n) is 4.78. The number of nitrogens with zero attached hydrogens (tertiary/aromatic N) is 2. The van der Waals surface area contributed by atoms with Gasteiger partial charge in [0.2, 0.25) is 5.91 Å². The molecule has 3 rings (SSSR count). The largest absolute Gasteiger partial charge is 0.340 e. The SMILES string of the molecule is CN(CC(=O)N1C[C@@H](CN)[C@H](c2ccccc2)C1)C(=O)c1cccs1.Cl. The Morgan fingerprint density at radius 3 is 2.54 bits per heavy atom. The van der Waals surface area contributed by atoms with Crippen molar-refractivity contribution in [2.45, 2.75) is 5.92 Å². The third-order valence-corrected chi connectivity index (χ3v) is 5.63. The average molecular weight is 394 g/mol. The van der Waals surface area contributed by atoms with E-state index < -0.39 is 0 Å². The molecule has 1 aromatic heterocycles. The maximum Gasteiger partial charge on any atom is 0.264 e. The molecule has 140 valence electrons. The van der Waals surface area contributed by atoms with E-state index in [1.54, 1.807) is 13.1 Å². The van der Waals surface area contributed by atoms with Gasteiger partial charge in [-0.2, -0.15) is 0 Å². The van der Waals surface area contributed by atoms with Crippen molar-refractivity contribution in [2.75, 3.05) is 33.2 Å². The predicted octanol–water partition coefficient (Wildman–Crippen LogP) is 2.44. The lowest BCUT2D eigenvalue weighted by atomic mass is 9.89. The van der Waals surface area contributed by atoms with E-state index in [1.807, 2.05) is 34.5 Å². The van der Waals surface area contributed by atoms with Crippen LogP contribution in [0.4, 0.5) is 0 Å². The molecule has 2 atom stereocenters. The Morgan fingerprint density at radius 2 is 1.92 bits per heavy atom. The number of benzene rings is 1. The Morgan fingerprint density at radius 1 is 1.19 bits per heavy atom. The summed E-state index contributed by atoms with van der Waals surface area (Å²) in [5, 5.41) is 1.86. The minimum absolute atomic E-state index is 0. The first-order chi connectivity index (χ1) is 12.1. The second-order valence-electron chi connectivity index (χ2n) is 6.45. The Balaban J connectivity index is 0.00000243. The zero-order valence-electron chi connectivity index (χ0n) is 14.7. The topological polar surface area (TPSA) is 66.6 Å². The second kappa shape index (κ2) is 9.16. The Hall–Kier alpha value is -1.89. The fraction of sp³-hybridized carbons (Fsp3) is 0.368. The minimum Gasteiger partial charge on any atom is -0.340 e. The van der Waals surface area contributed by atoms with Gasteiger partial charge in [-0.15, -0.1) is 23.7 Å². The van der Waals surface area contributed by atoms with Gasteiger partial charge in [-0.25, -0.2) is 0 Å². The quantitative estimate of drug-likeness (QED) is 0.848. The lowest BCUT2D eigenvalue weighted by Gasteiger charge is -2.21. The lowest BCUT2D eigenvalue weighted by Crippen LogP contribution is -2.40. The number of carbonyl (C=O) groups excluding carboxylic acids is 2. The predicted molar refractivity (Wildman–Crippen MR) is 107 cm³/mol. The van der Waals surface area contributed by atoms with Crippen LogP contribution in [-0.2, 0) is 4.79 Å². The number of likely N-dealkylation sites (N-methyl/N-ethyl adjacent to an activating group) is 1. The first-order valence-corrected chi connectivity index (χ1v) is 9.30. The van der Waals surface area contributed by atoms with Gasteiger partial charge in [0.15, 0.2) is 0 Å². The standard InChI is InChI=1S/C19H23N3O2S.ClH/c1-21(19(24)17-8-5-9-25-17)13-18(23)22-11-15(10-20)16(12-22)14-6-3-2-4-7-14;/h2-9,15-16H,10-13,20H2,1H3;1H/t15-,16+;/m1./s1. The van der Waals surface area contributed by atoms with E-state index in [1.165, 1.54) is 21.8 Å². The Labute approximate surface area is 164 Å². The number of nitrogens with two attached hydrogens (primary N) is 1. The highest BCUT2D eigenvalue weighted by Gasteiger charge is 2.35. The zero-order chi connectivity index (χ0) is 17.8. The van der Waals surface area contributed by atoms with Gasteiger partial charge >= 0.3 is 0 Å². The number of rotatable bonds is 5. The van der Waals surface area contributed by atoms with Gasteiger partial charge in [0.25, 0.3) is 5.91 Å². The van der Waals surface area contributed by atoms with Gasteiger partial charge in [-0.3, -0.25) is 9.59 Å². The van der Waals surface area contributed by atoms with Gasteiger partial charge in [0, 0.05) is 26.1 Å². The van der Waals surface area contributed by atoms with Crippen molar-refractivity contribution in [3.63, 3.8) is 0 Å². The second-order valence-corrected chi connectivity index (χ2v) is 7.40. The van der Waals surface area contributed by atoms with Crippen LogP contribution in [0.25, 0.3) is 0 Å². The van der Waals surface area contributed by atoms with E-state index >= 15 is 0 Å². The number of hydrogen-bond acceptors (Lipinski definition) is 4. The van der Waals surface area contributed by atoms with E-state index in [0.717, 1.165) is 0 Å². The van der Waals surface area contributed by atoms with Crippen LogP contribution in [0.1, 0.15) is 21.2 Å². The van der Waals surface area contributed by atoms with Crippen molar-refractivity contribution in [1.82, 2.24) is 9.80 Å². The summed E-state index contributed by atoms with van der Waals surface area (Å²) in [5.41, 5.74) is 7.16. The first-order valence-electron chi connectivity index (χ1n) is 8.42. The first kappa shape index (κ1) is 20.4. The van der Waals surface area contributed by atoms with Crippen LogP contribution in [0.2, 0.25) is 0 Å². The van der Waals surface area contributed by atoms with Crippen LogP contribution in [0.3, 0.4) is 0 Å². The summed E-state index contributed by atoms with van der Waals surface area (Å²) in [5.74, 6) is 0.375. The highest BCUT2D eigenvalue weighted by Crippen LogP contribution is 2.32. The molecule has 2 amide bonds. The molecule has 0 unspecified atom stereocenters. The van der Waals surface area contributed by atoms with Crippen LogP contribution < -0.4 is 5.73 Å². The van der Waals surface area contributed by atoms with Crippen molar-refractivity contribution >= 4 is 35.6 Å². The molecule has 2 N–H and O–H groups in total. The molecular weight excluding hydrogens is 370 g/mol. The molecule has 1 aliphatic rings. The molecule has 5 nitrogen and oxygen atoms in total. The Kier molecular flexibility index (Phi) is 7.20. The van der Waals surface area contributed by atoms with Gasteiger partial charge in [-0.1, -0.05) is 36.4 Å². The molecule has 0 aliphatic carbocycles. The van der Waals surface area contributed by atoms with Gasteiger partial charge in [-0.05, 0) is 29.5 Å². The zero-order valence-corrected chi connectivity index (χ0v) is 16.3. The van der Waals surface area contributed by atoms with Gasteiger partial charge in [0.1, 0.15) is 0 Å². The smallest absolute Gasteiger partial charge is 0.264 e. The summed E-state index contributed by atoms with van der Waals surface area (Å²) in [7, 11) is 1.67. The van der Waals surface area contributed by atoms with Crippen LogP contribution in [-0.4, -0.2) is 54.8 Å². The average Bonchev–Trinajstić information content (AvgIpc) is 3.31. The van der Waals surface area contributed by atoms with Crippen molar-refractivity contribution in [3.8, 4) is 0 Å². The van der Waals surface area contributed by atoms with Gasteiger partial charge in [0.05, 0.1) is 11.4 Å². The summed E-state index contributed by atoms with van der Waals surface area (Å²) < 4.78 is 0. The van der Waals surface area contributed by atoms with Crippen LogP contribution in [0.5, 0.6) is 0 Å². The number of hydrogen-bond donors (Lipinski definition) is 1. The number of thiophene rings is 1. The molecule has 0 radical (unpaired) electrons. The monoisotopic (exact) mass is 393 g/mol. The van der Waals surface area contributed by atoms with Crippen molar-refractivity contribution in [2.24, 2.45) is 11.7 Å². The van der Waals surface area contributed by atoms with Crippen molar-refractivity contribution < 1.29 is 9.59 Å². The third kappa shape index (κ3) is 4.44. The van der Waals surface area contributed by atoms with Crippen molar-refractivity contribution in [1.29, 1.82) is 0 Å². The van der Waals surface area contributed by atoms with Gasteiger partial charge < -0.3 is 15.5 Å². The fourth-order valence-electron chi connectivity index (χ4n) is 3.35. The van der Waals surface area contributed by atoms with Crippen LogP contribution >= 0.6 is 23.7 Å². The highest BCUT2D eigenvalue weighted by atomic mass is 35.5. The molecule has 1 saturated heterocycles. The minimum atomic E-state index is -0.113. The van der Waals surface area contributed by atoms with E-state index in [2.05, 4.69) is 12.1 Å².